The molecule has 0 radical (unpaired) electrons. The van der Waals surface area contributed by atoms with Gasteiger partial charge in [0.15, 0.2) is 0 Å². The van der Waals surface area contributed by atoms with Crippen LogP contribution in [0.2, 0.25) is 0 Å². The normalized spacial score (nSPS) is 16.1. The van der Waals surface area contributed by atoms with Gasteiger partial charge in [0.2, 0.25) is 5.91 Å². The Bertz CT molecular complexity index is 659. The number of hydrogen-bond acceptors (Lipinski definition) is 2. The van der Waals surface area contributed by atoms with Gasteiger partial charge in [0.1, 0.15) is 0 Å². The molecule has 3 nitrogen and oxygen atoms in total. The van der Waals surface area contributed by atoms with Gasteiger partial charge >= 0.3 is 0 Å². The highest BCUT2D eigenvalue weighted by Gasteiger charge is 2.49. The van der Waals surface area contributed by atoms with Gasteiger partial charge in [0.25, 0.3) is 0 Å². The summed E-state index contributed by atoms with van der Waals surface area (Å²) in [6, 6.07) is 12.4. The van der Waals surface area contributed by atoms with Crippen molar-refractivity contribution >= 4 is 22.4 Å². The van der Waals surface area contributed by atoms with Gasteiger partial charge in [0, 0.05) is 12.2 Å². The molecule has 1 fully saturated rings. The fourth-order valence-electron chi connectivity index (χ4n) is 2.68. The third-order valence-corrected chi connectivity index (χ3v) is 4.10. The maximum absolute atomic E-state index is 12.3. The van der Waals surface area contributed by atoms with E-state index in [0.29, 0.717) is 0 Å². The molecule has 3 rings (SSSR count). The van der Waals surface area contributed by atoms with Crippen LogP contribution in [0.1, 0.15) is 18.4 Å². The number of carbonyl (C=O) groups is 1. The van der Waals surface area contributed by atoms with Crippen LogP contribution < -0.4 is 10.6 Å². The van der Waals surface area contributed by atoms with Gasteiger partial charge in [-0.25, -0.2) is 0 Å². The SMILES string of the molecule is CNCC1(C(=O)Nc2ccc3cc(C)ccc3c2)CC1. The fraction of sp³-hybridized carbons (Fsp3) is 0.353. The summed E-state index contributed by atoms with van der Waals surface area (Å²) in [7, 11) is 1.89. The molecular formula is C17H20N2O. The Hall–Kier alpha value is -1.87. The van der Waals surface area contributed by atoms with Crippen LogP contribution in [-0.4, -0.2) is 19.5 Å². The molecular weight excluding hydrogens is 248 g/mol. The second-order valence-electron chi connectivity index (χ2n) is 5.83. The molecule has 2 aromatic carbocycles. The highest BCUT2D eigenvalue weighted by molar-refractivity contribution is 5.99. The van der Waals surface area contributed by atoms with E-state index < -0.39 is 0 Å². The predicted octanol–water partition coefficient (Wildman–Crippen LogP) is 3.09. The summed E-state index contributed by atoms with van der Waals surface area (Å²) in [6.07, 6.45) is 1.96. The van der Waals surface area contributed by atoms with Crippen LogP contribution in [0.4, 0.5) is 5.69 Å². The van der Waals surface area contributed by atoms with Crippen molar-refractivity contribution in [1.82, 2.24) is 5.32 Å². The summed E-state index contributed by atoms with van der Waals surface area (Å²) in [6.45, 7) is 2.84. The lowest BCUT2D eigenvalue weighted by Gasteiger charge is -2.15. The Labute approximate surface area is 119 Å². The van der Waals surface area contributed by atoms with Crippen LogP contribution in [0.25, 0.3) is 10.8 Å². The van der Waals surface area contributed by atoms with Gasteiger partial charge in [-0.2, -0.15) is 0 Å². The standard InChI is InChI=1S/C17H20N2O/c1-12-3-4-14-10-15(6-5-13(14)9-12)19-16(20)17(7-8-17)11-18-2/h3-6,9-10,18H,7-8,11H2,1-2H3,(H,19,20). The zero-order chi connectivity index (χ0) is 14.2. The van der Waals surface area contributed by atoms with Gasteiger partial charge in [0.05, 0.1) is 5.41 Å². The molecule has 0 aromatic heterocycles. The first-order chi connectivity index (χ1) is 9.63. The van der Waals surface area contributed by atoms with Crippen LogP contribution in [0.5, 0.6) is 0 Å². The summed E-state index contributed by atoms with van der Waals surface area (Å²) in [5.74, 6) is 0.137. The van der Waals surface area contributed by atoms with E-state index in [-0.39, 0.29) is 11.3 Å². The van der Waals surface area contributed by atoms with Crippen molar-refractivity contribution < 1.29 is 4.79 Å². The summed E-state index contributed by atoms with van der Waals surface area (Å²) < 4.78 is 0. The molecule has 1 amide bonds. The lowest BCUT2D eigenvalue weighted by atomic mass is 10.0. The lowest BCUT2D eigenvalue weighted by Crippen LogP contribution is -2.32. The minimum absolute atomic E-state index is 0.137. The van der Waals surface area contributed by atoms with Crippen LogP contribution in [-0.2, 0) is 4.79 Å². The number of aryl methyl sites for hydroxylation is 1. The number of anilines is 1. The average molecular weight is 268 g/mol. The van der Waals surface area contributed by atoms with Crippen molar-refractivity contribution in [1.29, 1.82) is 0 Å². The number of hydrogen-bond donors (Lipinski definition) is 2. The Morgan fingerprint density at radius 3 is 2.55 bits per heavy atom. The molecule has 0 heterocycles. The minimum Gasteiger partial charge on any atom is -0.326 e. The zero-order valence-corrected chi connectivity index (χ0v) is 12.0. The molecule has 0 saturated heterocycles. The van der Waals surface area contributed by atoms with E-state index in [9.17, 15) is 4.79 Å². The second kappa shape index (κ2) is 4.91. The molecule has 20 heavy (non-hydrogen) atoms. The zero-order valence-electron chi connectivity index (χ0n) is 12.0. The number of benzene rings is 2. The summed E-state index contributed by atoms with van der Waals surface area (Å²) >= 11 is 0. The Balaban J connectivity index is 1.81. The quantitative estimate of drug-likeness (QED) is 0.894. The van der Waals surface area contributed by atoms with Crippen molar-refractivity contribution in [3.8, 4) is 0 Å². The molecule has 2 aromatic rings. The molecule has 2 N–H and O–H groups in total. The van der Waals surface area contributed by atoms with Crippen molar-refractivity contribution in [2.45, 2.75) is 19.8 Å². The molecule has 104 valence electrons. The van der Waals surface area contributed by atoms with Gasteiger partial charge in [-0.3, -0.25) is 4.79 Å². The van der Waals surface area contributed by atoms with Gasteiger partial charge in [-0.1, -0.05) is 29.8 Å². The highest BCUT2D eigenvalue weighted by Crippen LogP contribution is 2.45. The number of fused-ring (bicyclic) bond motifs is 1. The second-order valence-corrected chi connectivity index (χ2v) is 5.83. The largest absolute Gasteiger partial charge is 0.326 e. The first-order valence-corrected chi connectivity index (χ1v) is 7.09. The Morgan fingerprint density at radius 1 is 1.15 bits per heavy atom. The van der Waals surface area contributed by atoms with E-state index in [1.165, 1.54) is 10.9 Å². The number of amides is 1. The van der Waals surface area contributed by atoms with Crippen LogP contribution in [0, 0.1) is 12.3 Å². The third-order valence-electron chi connectivity index (χ3n) is 4.10. The van der Waals surface area contributed by atoms with E-state index in [1.807, 2.05) is 19.2 Å². The predicted molar refractivity (Wildman–Crippen MR) is 82.9 cm³/mol. The molecule has 1 aliphatic rings. The van der Waals surface area contributed by atoms with E-state index in [1.54, 1.807) is 0 Å². The van der Waals surface area contributed by atoms with Crippen molar-refractivity contribution in [3.05, 3.63) is 42.0 Å². The monoisotopic (exact) mass is 268 g/mol. The molecule has 0 aliphatic heterocycles. The van der Waals surface area contributed by atoms with Crippen LogP contribution in [0.15, 0.2) is 36.4 Å². The lowest BCUT2D eigenvalue weighted by molar-refractivity contribution is -0.120. The summed E-state index contributed by atoms with van der Waals surface area (Å²) in [4.78, 5) is 12.3. The maximum Gasteiger partial charge on any atom is 0.231 e. The topological polar surface area (TPSA) is 41.1 Å². The molecule has 1 saturated carbocycles. The van der Waals surface area contributed by atoms with Gasteiger partial charge < -0.3 is 10.6 Å². The Kier molecular flexibility index (Phi) is 3.22. The fourth-order valence-corrected chi connectivity index (χ4v) is 2.68. The minimum atomic E-state index is -0.184. The molecule has 0 spiro atoms. The van der Waals surface area contributed by atoms with Crippen molar-refractivity contribution in [2.24, 2.45) is 5.41 Å². The molecule has 0 bridgehead atoms. The van der Waals surface area contributed by atoms with Gasteiger partial charge in [-0.05, 0) is 49.7 Å². The first-order valence-electron chi connectivity index (χ1n) is 7.09. The highest BCUT2D eigenvalue weighted by atomic mass is 16.2. The maximum atomic E-state index is 12.3. The van der Waals surface area contributed by atoms with Crippen molar-refractivity contribution in [3.63, 3.8) is 0 Å². The summed E-state index contributed by atoms with van der Waals surface area (Å²) in [5.41, 5.74) is 1.95. The van der Waals surface area contributed by atoms with Gasteiger partial charge in [-0.15, -0.1) is 0 Å². The smallest absolute Gasteiger partial charge is 0.231 e. The average Bonchev–Trinajstić information content (AvgIpc) is 3.20. The van der Waals surface area contributed by atoms with Crippen LogP contribution >= 0.6 is 0 Å². The van der Waals surface area contributed by atoms with E-state index in [2.05, 4.69) is 41.8 Å². The molecule has 0 atom stereocenters. The number of carbonyl (C=O) groups excluding carboxylic acids is 1. The number of nitrogens with one attached hydrogen (secondary N) is 2. The third kappa shape index (κ3) is 2.41. The molecule has 1 aliphatic carbocycles. The van der Waals surface area contributed by atoms with Crippen LogP contribution in [0.3, 0.4) is 0 Å². The molecule has 3 heteroatoms. The summed E-state index contributed by atoms with van der Waals surface area (Å²) in [5, 5.41) is 8.54. The first kappa shape index (κ1) is 13.1. The van der Waals surface area contributed by atoms with Crippen molar-refractivity contribution in [2.75, 3.05) is 18.9 Å². The van der Waals surface area contributed by atoms with E-state index in [4.69, 9.17) is 0 Å². The molecule has 0 unspecified atom stereocenters. The Morgan fingerprint density at radius 2 is 1.85 bits per heavy atom. The van der Waals surface area contributed by atoms with E-state index >= 15 is 0 Å². The number of rotatable bonds is 4. The van der Waals surface area contributed by atoms with E-state index in [0.717, 1.165) is 30.5 Å².